The maximum absolute atomic E-state index is 11.3. The molecular weight excluding hydrogens is 182 g/mol. The number of carbonyl (C=O) groups is 1. The Kier molecular flexibility index (Phi) is 3.19. The van der Waals surface area contributed by atoms with Crippen LogP contribution in [0.4, 0.5) is 0 Å². The van der Waals surface area contributed by atoms with Crippen LogP contribution in [-0.4, -0.2) is 23.2 Å². The molecule has 4 heteroatoms. The predicted molar refractivity (Wildman–Crippen MR) is 51.0 cm³/mol. The lowest BCUT2D eigenvalue weighted by atomic mass is 10.1. The van der Waals surface area contributed by atoms with Gasteiger partial charge in [0.25, 0.3) is 0 Å². The number of aryl methyl sites for hydroxylation is 2. The molecule has 0 aliphatic heterocycles. The van der Waals surface area contributed by atoms with E-state index in [1.807, 2.05) is 0 Å². The second-order valence-electron chi connectivity index (χ2n) is 3.02. The smallest absolute Gasteiger partial charge is 0.339 e. The van der Waals surface area contributed by atoms with Crippen molar-refractivity contribution in [1.29, 1.82) is 0 Å². The van der Waals surface area contributed by atoms with Crippen LogP contribution in [0.1, 0.15) is 27.3 Å². The monoisotopic (exact) mass is 195 g/mol. The SMILES string of the molecule is COC(=O)c1cc(CO)c(C)nc1C. The van der Waals surface area contributed by atoms with Crippen LogP contribution in [0.3, 0.4) is 0 Å². The molecule has 0 unspecified atom stereocenters. The first-order valence-electron chi connectivity index (χ1n) is 4.26. The fourth-order valence-electron chi connectivity index (χ4n) is 1.24. The highest BCUT2D eigenvalue weighted by molar-refractivity contribution is 5.90. The molecule has 1 aromatic rings. The van der Waals surface area contributed by atoms with E-state index in [1.54, 1.807) is 19.9 Å². The summed E-state index contributed by atoms with van der Waals surface area (Å²) in [5, 5.41) is 9.00. The predicted octanol–water partition coefficient (Wildman–Crippen LogP) is 0.977. The van der Waals surface area contributed by atoms with Crippen LogP contribution in [0.15, 0.2) is 6.07 Å². The number of ether oxygens (including phenoxy) is 1. The van der Waals surface area contributed by atoms with Gasteiger partial charge in [0.05, 0.1) is 25.0 Å². The molecule has 1 N–H and O–H groups in total. The zero-order chi connectivity index (χ0) is 10.7. The van der Waals surface area contributed by atoms with E-state index in [9.17, 15) is 4.79 Å². The summed E-state index contributed by atoms with van der Waals surface area (Å²) >= 11 is 0. The van der Waals surface area contributed by atoms with Crippen LogP contribution in [0.25, 0.3) is 0 Å². The Morgan fingerprint density at radius 1 is 1.50 bits per heavy atom. The summed E-state index contributed by atoms with van der Waals surface area (Å²) in [6.07, 6.45) is 0. The number of aliphatic hydroxyl groups excluding tert-OH is 1. The lowest BCUT2D eigenvalue weighted by Gasteiger charge is -2.07. The van der Waals surface area contributed by atoms with Crippen LogP contribution in [-0.2, 0) is 11.3 Å². The van der Waals surface area contributed by atoms with Gasteiger partial charge in [0.15, 0.2) is 0 Å². The highest BCUT2D eigenvalue weighted by Gasteiger charge is 2.12. The summed E-state index contributed by atoms with van der Waals surface area (Å²) < 4.78 is 4.60. The van der Waals surface area contributed by atoms with Crippen molar-refractivity contribution in [3.05, 3.63) is 28.6 Å². The van der Waals surface area contributed by atoms with Crippen LogP contribution in [0.2, 0.25) is 0 Å². The third-order valence-corrected chi connectivity index (χ3v) is 2.08. The summed E-state index contributed by atoms with van der Waals surface area (Å²) in [7, 11) is 1.32. The zero-order valence-electron chi connectivity index (χ0n) is 8.50. The third-order valence-electron chi connectivity index (χ3n) is 2.08. The van der Waals surface area contributed by atoms with Crippen molar-refractivity contribution in [3.63, 3.8) is 0 Å². The molecule has 76 valence electrons. The minimum absolute atomic E-state index is 0.122. The standard InChI is InChI=1S/C10H13NO3/c1-6-8(5-12)4-9(7(2)11-6)10(13)14-3/h4,12H,5H2,1-3H3. The Morgan fingerprint density at radius 3 is 2.64 bits per heavy atom. The average molecular weight is 195 g/mol. The Bertz CT molecular complexity index is 361. The molecule has 1 heterocycles. The summed E-state index contributed by atoms with van der Waals surface area (Å²) in [5.41, 5.74) is 2.40. The fourth-order valence-corrected chi connectivity index (χ4v) is 1.24. The third kappa shape index (κ3) is 1.90. The van der Waals surface area contributed by atoms with Gasteiger partial charge in [-0.05, 0) is 25.5 Å². The van der Waals surface area contributed by atoms with E-state index in [0.29, 0.717) is 16.8 Å². The normalized spacial score (nSPS) is 10.0. The van der Waals surface area contributed by atoms with Crippen LogP contribution < -0.4 is 0 Å². The first-order valence-corrected chi connectivity index (χ1v) is 4.26. The Labute approximate surface area is 82.5 Å². The summed E-state index contributed by atoms with van der Waals surface area (Å²) in [6, 6.07) is 1.61. The average Bonchev–Trinajstić information content (AvgIpc) is 2.17. The number of hydrogen-bond donors (Lipinski definition) is 1. The molecule has 0 saturated carbocycles. The number of rotatable bonds is 2. The van der Waals surface area contributed by atoms with Gasteiger partial charge in [0, 0.05) is 5.69 Å². The van der Waals surface area contributed by atoms with Gasteiger partial charge in [-0.15, -0.1) is 0 Å². The highest BCUT2D eigenvalue weighted by Crippen LogP contribution is 2.13. The van der Waals surface area contributed by atoms with E-state index in [4.69, 9.17) is 5.11 Å². The number of carbonyl (C=O) groups excluding carboxylic acids is 1. The summed E-state index contributed by atoms with van der Waals surface area (Å²) in [6.45, 7) is 3.41. The maximum Gasteiger partial charge on any atom is 0.339 e. The Morgan fingerprint density at radius 2 is 2.14 bits per heavy atom. The van der Waals surface area contributed by atoms with Gasteiger partial charge >= 0.3 is 5.97 Å². The van der Waals surface area contributed by atoms with Crippen LogP contribution >= 0.6 is 0 Å². The lowest BCUT2D eigenvalue weighted by Crippen LogP contribution is -2.08. The second kappa shape index (κ2) is 4.19. The largest absolute Gasteiger partial charge is 0.465 e. The molecule has 4 nitrogen and oxygen atoms in total. The van der Waals surface area contributed by atoms with Crippen LogP contribution in [0, 0.1) is 13.8 Å². The fraction of sp³-hybridized carbons (Fsp3) is 0.400. The van der Waals surface area contributed by atoms with Crippen molar-refractivity contribution in [2.24, 2.45) is 0 Å². The molecule has 1 rings (SSSR count). The molecule has 0 atom stereocenters. The Balaban J connectivity index is 3.24. The van der Waals surface area contributed by atoms with Gasteiger partial charge in [-0.2, -0.15) is 0 Å². The van der Waals surface area contributed by atoms with Gasteiger partial charge in [-0.1, -0.05) is 0 Å². The first-order chi connectivity index (χ1) is 6.60. The quantitative estimate of drug-likeness (QED) is 0.714. The molecule has 0 bridgehead atoms. The van der Waals surface area contributed by atoms with Gasteiger partial charge < -0.3 is 9.84 Å². The molecule has 14 heavy (non-hydrogen) atoms. The first kappa shape index (κ1) is 10.7. The van der Waals surface area contributed by atoms with Crippen molar-refractivity contribution in [2.45, 2.75) is 20.5 Å². The number of hydrogen-bond acceptors (Lipinski definition) is 4. The molecule has 0 fully saturated rings. The van der Waals surface area contributed by atoms with Crippen molar-refractivity contribution in [3.8, 4) is 0 Å². The molecule has 0 amide bonds. The molecule has 0 saturated heterocycles. The number of esters is 1. The van der Waals surface area contributed by atoms with E-state index < -0.39 is 5.97 Å². The topological polar surface area (TPSA) is 59.4 Å². The van der Waals surface area contributed by atoms with Gasteiger partial charge in [0.1, 0.15) is 0 Å². The van der Waals surface area contributed by atoms with E-state index >= 15 is 0 Å². The summed E-state index contributed by atoms with van der Waals surface area (Å²) in [4.78, 5) is 15.4. The molecule has 0 aliphatic carbocycles. The molecule has 0 aromatic carbocycles. The van der Waals surface area contributed by atoms with E-state index in [2.05, 4.69) is 9.72 Å². The van der Waals surface area contributed by atoms with Crippen molar-refractivity contribution >= 4 is 5.97 Å². The number of nitrogens with zero attached hydrogens (tertiary/aromatic N) is 1. The van der Waals surface area contributed by atoms with Gasteiger partial charge in [-0.3, -0.25) is 4.98 Å². The van der Waals surface area contributed by atoms with Crippen molar-refractivity contribution in [2.75, 3.05) is 7.11 Å². The van der Waals surface area contributed by atoms with Crippen molar-refractivity contribution < 1.29 is 14.6 Å². The highest BCUT2D eigenvalue weighted by atomic mass is 16.5. The molecule has 0 spiro atoms. The van der Waals surface area contributed by atoms with E-state index in [1.165, 1.54) is 7.11 Å². The number of aliphatic hydroxyl groups is 1. The number of pyridine rings is 1. The van der Waals surface area contributed by atoms with E-state index in [0.717, 1.165) is 5.69 Å². The van der Waals surface area contributed by atoms with Gasteiger partial charge in [0.2, 0.25) is 0 Å². The number of aromatic nitrogens is 1. The zero-order valence-corrected chi connectivity index (χ0v) is 8.50. The second-order valence-corrected chi connectivity index (χ2v) is 3.02. The minimum atomic E-state index is -0.426. The maximum atomic E-state index is 11.3. The van der Waals surface area contributed by atoms with Gasteiger partial charge in [-0.25, -0.2) is 4.79 Å². The van der Waals surface area contributed by atoms with Crippen LogP contribution in [0.5, 0.6) is 0 Å². The molecular formula is C10H13NO3. The molecule has 1 aromatic heterocycles. The number of methoxy groups -OCH3 is 1. The lowest BCUT2D eigenvalue weighted by molar-refractivity contribution is 0.0599. The Hall–Kier alpha value is -1.42. The summed E-state index contributed by atoms with van der Waals surface area (Å²) in [5.74, 6) is -0.426. The minimum Gasteiger partial charge on any atom is -0.465 e. The molecule has 0 aliphatic rings. The molecule has 0 radical (unpaired) electrons. The van der Waals surface area contributed by atoms with E-state index in [-0.39, 0.29) is 6.61 Å². The van der Waals surface area contributed by atoms with Crippen molar-refractivity contribution in [1.82, 2.24) is 4.98 Å².